The van der Waals surface area contributed by atoms with Crippen molar-refractivity contribution in [1.82, 2.24) is 10.4 Å². The summed E-state index contributed by atoms with van der Waals surface area (Å²) in [6, 6.07) is 14.8. The summed E-state index contributed by atoms with van der Waals surface area (Å²) in [6.07, 6.45) is 0.962. The molecule has 0 saturated heterocycles. The van der Waals surface area contributed by atoms with Crippen LogP contribution in [-0.2, 0) is 4.79 Å². The van der Waals surface area contributed by atoms with Gasteiger partial charge in [0.1, 0.15) is 5.75 Å². The van der Waals surface area contributed by atoms with Crippen molar-refractivity contribution in [3.63, 3.8) is 0 Å². The van der Waals surface area contributed by atoms with E-state index in [2.05, 4.69) is 15.5 Å². The number of benzene rings is 2. The van der Waals surface area contributed by atoms with E-state index < -0.39 is 6.10 Å². The summed E-state index contributed by atoms with van der Waals surface area (Å²) in [7, 11) is 0. The number of H-pyrrole nitrogens is 1. The molecule has 25 heavy (non-hydrogen) atoms. The minimum absolute atomic E-state index is 0.330. The third-order valence-electron chi connectivity index (χ3n) is 3.81. The van der Waals surface area contributed by atoms with E-state index in [0.717, 1.165) is 22.2 Å². The lowest BCUT2D eigenvalue weighted by Gasteiger charge is -2.12. The Bertz CT molecular complexity index is 916. The highest BCUT2D eigenvalue weighted by Gasteiger charge is 2.14. The monoisotopic (exact) mass is 355 g/mol. The number of carbonyl (C=O) groups is 1. The number of hydrogen-bond donors (Lipinski definition) is 2. The predicted octanol–water partition coefficient (Wildman–Crippen LogP) is 4.05. The van der Waals surface area contributed by atoms with Crippen molar-refractivity contribution in [1.29, 1.82) is 0 Å². The van der Waals surface area contributed by atoms with E-state index in [4.69, 9.17) is 16.3 Å². The van der Waals surface area contributed by atoms with Crippen LogP contribution in [0.3, 0.4) is 0 Å². The number of ether oxygens (including phenoxy) is 1. The summed E-state index contributed by atoms with van der Waals surface area (Å²) < 4.78 is 5.56. The lowest BCUT2D eigenvalue weighted by Crippen LogP contribution is -2.33. The predicted molar refractivity (Wildman–Crippen MR) is 100 cm³/mol. The number of amides is 1. The summed E-state index contributed by atoms with van der Waals surface area (Å²) in [5.74, 6) is 0.243. The molecule has 0 aliphatic carbocycles. The first-order valence-corrected chi connectivity index (χ1v) is 8.25. The van der Waals surface area contributed by atoms with Crippen LogP contribution in [-0.4, -0.2) is 23.2 Å². The van der Waals surface area contributed by atoms with Crippen LogP contribution in [0.25, 0.3) is 10.9 Å². The Morgan fingerprint density at radius 2 is 1.96 bits per heavy atom. The standard InChI is InChI=1S/C19H18ClN3O2/c1-12-17(16-5-3-4-6-18(16)22-12)11-21-23-19(24)13(2)25-15-9-7-14(20)8-10-15/h3-11,13,22H,1-2H3,(H,23,24)/b21-11+. The van der Waals surface area contributed by atoms with Gasteiger partial charge in [-0.25, -0.2) is 5.43 Å². The van der Waals surface area contributed by atoms with Gasteiger partial charge in [-0.2, -0.15) is 5.10 Å². The van der Waals surface area contributed by atoms with Gasteiger partial charge in [0.25, 0.3) is 5.91 Å². The number of nitrogens with one attached hydrogen (secondary N) is 2. The van der Waals surface area contributed by atoms with Gasteiger partial charge in [-0.3, -0.25) is 4.79 Å². The van der Waals surface area contributed by atoms with Crippen molar-refractivity contribution in [3.8, 4) is 5.75 Å². The fourth-order valence-corrected chi connectivity index (χ4v) is 2.61. The van der Waals surface area contributed by atoms with Crippen LogP contribution in [0.4, 0.5) is 0 Å². The Hall–Kier alpha value is -2.79. The van der Waals surface area contributed by atoms with Crippen LogP contribution in [0.1, 0.15) is 18.2 Å². The number of rotatable bonds is 5. The van der Waals surface area contributed by atoms with Gasteiger partial charge in [0.15, 0.2) is 6.10 Å². The van der Waals surface area contributed by atoms with Crippen LogP contribution >= 0.6 is 11.6 Å². The third-order valence-corrected chi connectivity index (χ3v) is 4.06. The first kappa shape index (κ1) is 17.0. The van der Waals surface area contributed by atoms with E-state index in [1.807, 2.05) is 31.2 Å². The smallest absolute Gasteiger partial charge is 0.280 e. The molecule has 0 aliphatic heterocycles. The highest BCUT2D eigenvalue weighted by atomic mass is 35.5. The molecule has 128 valence electrons. The van der Waals surface area contributed by atoms with E-state index in [0.29, 0.717) is 10.8 Å². The molecular formula is C19H18ClN3O2. The minimum Gasteiger partial charge on any atom is -0.481 e. The highest BCUT2D eigenvalue weighted by Crippen LogP contribution is 2.20. The first-order chi connectivity index (χ1) is 12.0. The van der Waals surface area contributed by atoms with Gasteiger partial charge in [-0.05, 0) is 44.2 Å². The van der Waals surface area contributed by atoms with E-state index in [9.17, 15) is 4.79 Å². The zero-order chi connectivity index (χ0) is 17.8. The van der Waals surface area contributed by atoms with Crippen molar-refractivity contribution in [2.75, 3.05) is 0 Å². The zero-order valence-electron chi connectivity index (χ0n) is 13.9. The molecule has 1 unspecified atom stereocenters. The Labute approximate surface area is 150 Å². The number of nitrogens with zero attached hydrogens (tertiary/aromatic N) is 1. The maximum absolute atomic E-state index is 12.1. The number of fused-ring (bicyclic) bond motifs is 1. The van der Waals surface area contributed by atoms with Crippen LogP contribution in [0.5, 0.6) is 5.75 Å². The molecule has 2 aromatic carbocycles. The molecule has 1 aromatic heterocycles. The lowest BCUT2D eigenvalue weighted by atomic mass is 10.1. The number of halogens is 1. The van der Waals surface area contributed by atoms with Crippen molar-refractivity contribution in [2.24, 2.45) is 5.10 Å². The molecular weight excluding hydrogens is 338 g/mol. The number of aromatic amines is 1. The van der Waals surface area contributed by atoms with Crippen LogP contribution in [0, 0.1) is 6.92 Å². The average molecular weight is 356 g/mol. The second-order valence-electron chi connectivity index (χ2n) is 5.66. The molecule has 0 aliphatic rings. The van der Waals surface area contributed by atoms with Crippen molar-refractivity contribution in [3.05, 3.63) is 64.8 Å². The van der Waals surface area contributed by atoms with Crippen molar-refractivity contribution in [2.45, 2.75) is 20.0 Å². The number of carbonyl (C=O) groups excluding carboxylic acids is 1. The number of hydrazone groups is 1. The molecule has 1 amide bonds. The molecule has 3 aromatic rings. The fourth-order valence-electron chi connectivity index (χ4n) is 2.49. The average Bonchev–Trinajstić information content (AvgIpc) is 2.92. The van der Waals surface area contributed by atoms with E-state index >= 15 is 0 Å². The van der Waals surface area contributed by atoms with E-state index in [1.165, 1.54) is 0 Å². The maximum atomic E-state index is 12.1. The van der Waals surface area contributed by atoms with Crippen LogP contribution < -0.4 is 10.2 Å². The molecule has 3 rings (SSSR count). The molecule has 0 fully saturated rings. The summed E-state index contributed by atoms with van der Waals surface area (Å²) in [4.78, 5) is 15.4. The maximum Gasteiger partial charge on any atom is 0.280 e. The van der Waals surface area contributed by atoms with Gasteiger partial charge in [0, 0.05) is 27.2 Å². The summed E-state index contributed by atoms with van der Waals surface area (Å²) in [5, 5.41) is 5.73. The normalized spacial score (nSPS) is 12.4. The van der Waals surface area contributed by atoms with Gasteiger partial charge in [0.05, 0.1) is 6.21 Å². The number of para-hydroxylation sites is 1. The van der Waals surface area contributed by atoms with Crippen molar-refractivity contribution >= 4 is 34.6 Å². The van der Waals surface area contributed by atoms with Crippen molar-refractivity contribution < 1.29 is 9.53 Å². The second-order valence-corrected chi connectivity index (χ2v) is 6.09. The number of hydrogen-bond acceptors (Lipinski definition) is 3. The number of aromatic nitrogens is 1. The van der Waals surface area contributed by atoms with E-state index in [1.54, 1.807) is 37.4 Å². The lowest BCUT2D eigenvalue weighted by molar-refractivity contribution is -0.127. The molecule has 0 spiro atoms. The first-order valence-electron chi connectivity index (χ1n) is 7.87. The van der Waals surface area contributed by atoms with Gasteiger partial charge < -0.3 is 9.72 Å². The topological polar surface area (TPSA) is 66.5 Å². The van der Waals surface area contributed by atoms with Crippen LogP contribution in [0.15, 0.2) is 53.6 Å². The zero-order valence-corrected chi connectivity index (χ0v) is 14.7. The Balaban J connectivity index is 1.63. The highest BCUT2D eigenvalue weighted by molar-refractivity contribution is 6.30. The largest absolute Gasteiger partial charge is 0.481 e. The molecule has 1 heterocycles. The van der Waals surface area contributed by atoms with Gasteiger partial charge in [-0.15, -0.1) is 0 Å². The summed E-state index contributed by atoms with van der Waals surface area (Å²) >= 11 is 5.83. The summed E-state index contributed by atoms with van der Waals surface area (Å²) in [5.41, 5.74) is 5.48. The Morgan fingerprint density at radius 3 is 2.72 bits per heavy atom. The SMILES string of the molecule is Cc1[nH]c2ccccc2c1/C=N/NC(=O)C(C)Oc1ccc(Cl)cc1. The second kappa shape index (κ2) is 7.40. The van der Waals surface area contributed by atoms with Gasteiger partial charge in [0.2, 0.25) is 0 Å². The van der Waals surface area contributed by atoms with Gasteiger partial charge >= 0.3 is 0 Å². The minimum atomic E-state index is -0.678. The molecule has 0 saturated carbocycles. The van der Waals surface area contributed by atoms with E-state index in [-0.39, 0.29) is 5.91 Å². The van der Waals surface area contributed by atoms with Gasteiger partial charge in [-0.1, -0.05) is 29.8 Å². The Morgan fingerprint density at radius 1 is 1.24 bits per heavy atom. The molecule has 6 heteroatoms. The molecule has 2 N–H and O–H groups in total. The molecule has 0 radical (unpaired) electrons. The quantitative estimate of drug-likeness (QED) is 0.535. The molecule has 0 bridgehead atoms. The van der Waals surface area contributed by atoms with Crippen LogP contribution in [0.2, 0.25) is 5.02 Å². The third kappa shape index (κ3) is 4.00. The fraction of sp³-hybridized carbons (Fsp3) is 0.158. The number of aryl methyl sites for hydroxylation is 1. The Kier molecular flexibility index (Phi) is 5.05. The summed E-state index contributed by atoms with van der Waals surface area (Å²) in [6.45, 7) is 3.63. The molecule has 5 nitrogen and oxygen atoms in total. The molecule has 1 atom stereocenters.